The predicted octanol–water partition coefficient (Wildman–Crippen LogP) is 18.5. The van der Waals surface area contributed by atoms with Crippen molar-refractivity contribution in [1.82, 2.24) is 9.97 Å². The Labute approximate surface area is 458 Å². The molecule has 0 amide bonds. The average Bonchev–Trinajstić information content (AvgIpc) is 3.99. The second kappa shape index (κ2) is 18.2. The van der Waals surface area contributed by atoms with E-state index in [0.717, 1.165) is 65.9 Å². The van der Waals surface area contributed by atoms with Crippen LogP contribution in [0, 0.1) is 27.6 Å². The second-order valence-electron chi connectivity index (χ2n) is 20.9. The van der Waals surface area contributed by atoms with Crippen LogP contribution in [0.5, 0.6) is 0 Å². The van der Waals surface area contributed by atoms with Crippen LogP contribution in [0.25, 0.3) is 120 Å². The van der Waals surface area contributed by atoms with E-state index < -0.39 is 32.0 Å². The third-order valence-corrected chi connectivity index (χ3v) is 16.2. The van der Waals surface area contributed by atoms with Crippen LogP contribution in [-0.4, -0.2) is 28.3 Å². The summed E-state index contributed by atoms with van der Waals surface area (Å²) in [5.41, 5.74) is 6.97. The highest BCUT2D eigenvalue weighted by molar-refractivity contribution is 9.10. The molecule has 1 saturated heterocycles. The molecule has 370 valence electrons. The zero-order valence-corrected chi connectivity index (χ0v) is 44.4. The summed E-state index contributed by atoms with van der Waals surface area (Å²) in [6, 6.07) is 59.1. The molecule has 0 bridgehead atoms. The van der Waals surface area contributed by atoms with E-state index >= 15 is 0 Å². The predicted molar refractivity (Wildman–Crippen MR) is 322 cm³/mol. The summed E-state index contributed by atoms with van der Waals surface area (Å²) in [6.45, 7) is 7.64. The highest BCUT2D eigenvalue weighted by Crippen LogP contribution is 2.44. The molecule has 6 nitrogen and oxygen atoms in total. The van der Waals surface area contributed by atoms with Gasteiger partial charge in [-0.25, -0.2) is 4.98 Å². The third-order valence-electron chi connectivity index (χ3n) is 15.7. The number of hydrogen-bond acceptors (Lipinski definition) is 6. The van der Waals surface area contributed by atoms with Gasteiger partial charge in [-0.05, 0) is 201 Å². The van der Waals surface area contributed by atoms with Gasteiger partial charge in [-0.3, -0.25) is 4.98 Å². The van der Waals surface area contributed by atoms with E-state index in [9.17, 15) is 0 Å². The SMILES string of the molecule is CC1(C)OB(c2cccc3c2oc2cc4c5ccccc5c5ccccc5c4cc23)OC1(C)C.[2H]C([2H])([2H])c1cnc(-c2cccc3c2oc2cc4c5ccccc5c5ccccc5c4cc23)cc1C.[2H]C([2H])([2H])c1cnc(Br)cc1C. The first kappa shape index (κ1) is 41.4. The fourth-order valence-corrected chi connectivity index (χ4v) is 11.4. The Kier molecular flexibility index (Phi) is 9.89. The first-order chi connectivity index (χ1) is 39.1. The number of aryl methyl sites for hydroxylation is 4. The van der Waals surface area contributed by atoms with Crippen LogP contribution in [0.15, 0.2) is 196 Å². The van der Waals surface area contributed by atoms with Gasteiger partial charge in [0, 0.05) is 53.2 Å². The first-order valence-electron chi connectivity index (χ1n) is 28.5. The quantitative estimate of drug-likeness (QED) is 0.0976. The van der Waals surface area contributed by atoms with Gasteiger partial charge in [0.15, 0.2) is 0 Å². The Balaban J connectivity index is 0.000000129. The maximum absolute atomic E-state index is 7.75. The normalized spacial score (nSPS) is 15.7. The lowest BCUT2D eigenvalue weighted by molar-refractivity contribution is 0.00578. The number of furan rings is 2. The van der Waals surface area contributed by atoms with Gasteiger partial charge in [0.2, 0.25) is 0 Å². The molecule has 1 fully saturated rings. The third kappa shape index (κ3) is 7.84. The van der Waals surface area contributed by atoms with Gasteiger partial charge in [0.25, 0.3) is 0 Å². The van der Waals surface area contributed by atoms with E-state index in [1.807, 2.05) is 25.1 Å². The second-order valence-corrected chi connectivity index (χ2v) is 21.7. The minimum atomic E-state index is -2.19. The standard InChI is InChI=1S/C31H21NO.C30H25BO3.C7H8BrN/c1-18-14-29(32-17-19(18)2)25-13-7-12-24-28-15-26-22-10-5-3-8-20(22)21-9-4-6-11-23(21)27(26)16-30(28)33-31(24)25;1-29(2)30(3,4)34-31(33-29)26-15-9-14-22-25-16-23-20-12-7-5-10-18(20)19-11-6-8-13-21(19)24(23)17-27(25)32-28(22)26;1-5-3-7(8)9-4-6(5)2/h3-17H,1-2H3;5-17H,1-4H3;3-4H,1-2H3/i2D3;;2D3. The highest BCUT2D eigenvalue weighted by Gasteiger charge is 2.52. The number of benzene rings is 10. The molecule has 1 aliphatic rings. The Morgan fingerprint density at radius 3 is 1.26 bits per heavy atom. The van der Waals surface area contributed by atoms with Gasteiger partial charge in [0.1, 0.15) is 26.9 Å². The van der Waals surface area contributed by atoms with E-state index in [4.69, 9.17) is 26.4 Å². The molecule has 0 aliphatic carbocycles. The molecule has 8 heteroatoms. The summed E-state index contributed by atoms with van der Waals surface area (Å²) in [4.78, 5) is 8.38. The summed E-state index contributed by atoms with van der Waals surface area (Å²) in [7, 11) is -0.467. The van der Waals surface area contributed by atoms with Crippen LogP contribution in [-0.2, 0) is 9.31 Å². The molecule has 0 spiro atoms. The van der Waals surface area contributed by atoms with Crippen molar-refractivity contribution >= 4 is 137 Å². The number of fused-ring (bicyclic) bond motifs is 18. The Hall–Kier alpha value is -7.88. The molecule has 5 heterocycles. The minimum absolute atomic E-state index is 0.271. The lowest BCUT2D eigenvalue weighted by atomic mass is 9.78. The molecule has 0 unspecified atom stereocenters. The average molecular weight is 1060 g/mol. The monoisotopic (exact) mass is 1060 g/mol. The van der Waals surface area contributed by atoms with Crippen LogP contribution in [0.4, 0.5) is 0 Å². The van der Waals surface area contributed by atoms with E-state index in [0.29, 0.717) is 21.4 Å². The molecule has 0 saturated carbocycles. The van der Waals surface area contributed by atoms with Crippen LogP contribution in [0.1, 0.15) is 58.2 Å². The van der Waals surface area contributed by atoms with Crippen molar-refractivity contribution in [2.24, 2.45) is 0 Å². The molecule has 10 aromatic carbocycles. The van der Waals surface area contributed by atoms with Crippen LogP contribution < -0.4 is 5.46 Å². The number of nitrogens with zero attached hydrogens (tertiary/aromatic N) is 2. The molecular weight excluding hydrogens is 999 g/mol. The molecule has 76 heavy (non-hydrogen) atoms. The number of aromatic nitrogens is 2. The molecular formula is C68H54BBrN2O4. The van der Waals surface area contributed by atoms with Gasteiger partial charge in [0.05, 0.1) is 16.9 Å². The number of rotatable bonds is 2. The summed E-state index contributed by atoms with van der Waals surface area (Å²) in [5, 5.41) is 19.0. The molecule has 0 N–H and O–H groups in total. The van der Waals surface area contributed by atoms with Crippen molar-refractivity contribution in [3.63, 3.8) is 0 Å². The fraction of sp³-hybridized carbons (Fsp3) is 0.147. The lowest BCUT2D eigenvalue weighted by Crippen LogP contribution is -2.41. The van der Waals surface area contributed by atoms with Crippen LogP contribution >= 0.6 is 15.9 Å². The van der Waals surface area contributed by atoms with Crippen molar-refractivity contribution in [1.29, 1.82) is 0 Å². The van der Waals surface area contributed by atoms with Gasteiger partial charge in [-0.2, -0.15) is 0 Å². The van der Waals surface area contributed by atoms with E-state index in [1.54, 1.807) is 13.0 Å². The topological polar surface area (TPSA) is 70.5 Å². The van der Waals surface area contributed by atoms with E-state index in [2.05, 4.69) is 199 Å². The minimum Gasteiger partial charge on any atom is -0.456 e. The maximum atomic E-state index is 7.75. The van der Waals surface area contributed by atoms with Crippen LogP contribution in [0.2, 0.25) is 0 Å². The lowest BCUT2D eigenvalue weighted by Gasteiger charge is -2.32. The Morgan fingerprint density at radius 2 is 0.803 bits per heavy atom. The maximum Gasteiger partial charge on any atom is 0.498 e. The highest BCUT2D eigenvalue weighted by atomic mass is 79.9. The number of halogens is 1. The van der Waals surface area contributed by atoms with Crippen molar-refractivity contribution < 1.29 is 26.4 Å². The Morgan fingerprint density at radius 1 is 0.408 bits per heavy atom. The largest absolute Gasteiger partial charge is 0.498 e. The number of pyridine rings is 2. The first-order valence-corrected chi connectivity index (χ1v) is 26.3. The van der Waals surface area contributed by atoms with Crippen molar-refractivity contribution in [3.05, 3.63) is 209 Å². The van der Waals surface area contributed by atoms with E-state index in [1.165, 1.54) is 71.6 Å². The number of hydrogen-bond donors (Lipinski definition) is 0. The van der Waals surface area contributed by atoms with E-state index in [-0.39, 0.29) is 5.56 Å². The molecule has 15 rings (SSSR count). The van der Waals surface area contributed by atoms with Crippen molar-refractivity contribution in [2.45, 2.75) is 66.4 Å². The summed E-state index contributed by atoms with van der Waals surface area (Å²) >= 11 is 3.17. The molecule has 0 atom stereocenters. The number of para-hydroxylation sites is 2. The fourth-order valence-electron chi connectivity index (χ4n) is 11.0. The molecule has 0 radical (unpaired) electrons. The van der Waals surface area contributed by atoms with Gasteiger partial charge < -0.3 is 18.1 Å². The molecule has 1 aliphatic heterocycles. The van der Waals surface area contributed by atoms with Gasteiger partial charge >= 0.3 is 7.12 Å². The molecule has 14 aromatic rings. The zero-order valence-electron chi connectivity index (χ0n) is 48.8. The summed E-state index contributed by atoms with van der Waals surface area (Å²) < 4.78 is 71.2. The van der Waals surface area contributed by atoms with Gasteiger partial charge in [-0.15, -0.1) is 0 Å². The zero-order chi connectivity index (χ0) is 57.2. The van der Waals surface area contributed by atoms with Crippen molar-refractivity contribution in [2.75, 3.05) is 0 Å². The van der Waals surface area contributed by atoms with Crippen LogP contribution in [0.3, 0.4) is 0 Å². The molecule has 4 aromatic heterocycles. The summed E-state index contributed by atoms with van der Waals surface area (Å²) in [6.07, 6.45) is 2.85. The van der Waals surface area contributed by atoms with Crippen molar-refractivity contribution in [3.8, 4) is 11.3 Å². The Bertz CT molecular complexity index is 4920. The summed E-state index contributed by atoms with van der Waals surface area (Å²) in [5.74, 6) is 0. The smallest absolute Gasteiger partial charge is 0.456 e. The van der Waals surface area contributed by atoms with Gasteiger partial charge in [-0.1, -0.05) is 127 Å².